The van der Waals surface area contributed by atoms with Gasteiger partial charge in [0, 0.05) is 28.8 Å². The van der Waals surface area contributed by atoms with Crippen LogP contribution in [0, 0.1) is 12.8 Å². The molecule has 0 bridgehead atoms. The van der Waals surface area contributed by atoms with Crippen molar-refractivity contribution in [2.45, 2.75) is 51.5 Å². The Hall–Kier alpha value is -7.40. The molecule has 310 valence electrons. The molecule has 4 aliphatic rings. The lowest BCUT2D eigenvalue weighted by Crippen LogP contribution is -2.30. The highest BCUT2D eigenvalue weighted by atomic mass is 15.2. The molecule has 6 aromatic rings. The lowest BCUT2D eigenvalue weighted by molar-refractivity contribution is 0.736. The first-order chi connectivity index (χ1) is 31.6. The zero-order valence-electron chi connectivity index (χ0n) is 36.8. The van der Waals surface area contributed by atoms with E-state index in [1.165, 1.54) is 83.4 Å². The monoisotopic (exact) mass is 823 g/mol. The van der Waals surface area contributed by atoms with Crippen LogP contribution in [0.25, 0.3) is 39.1 Å². The van der Waals surface area contributed by atoms with E-state index >= 15 is 0 Å². The molecule has 1 heteroatoms. The van der Waals surface area contributed by atoms with Crippen LogP contribution in [-0.2, 0) is 0 Å². The molecule has 0 heterocycles. The first-order valence-electron chi connectivity index (χ1n) is 22.9. The van der Waals surface area contributed by atoms with Gasteiger partial charge in [-0.2, -0.15) is 0 Å². The average molecular weight is 824 g/mol. The minimum Gasteiger partial charge on any atom is -0.334 e. The summed E-state index contributed by atoms with van der Waals surface area (Å²) in [4.78, 5) is 2.53. The van der Waals surface area contributed by atoms with Crippen molar-refractivity contribution < 1.29 is 0 Å². The van der Waals surface area contributed by atoms with E-state index in [0.29, 0.717) is 5.92 Å². The zero-order chi connectivity index (χ0) is 43.2. The molecule has 0 amide bonds. The maximum absolute atomic E-state index is 3.40. The fourth-order valence-corrected chi connectivity index (χ4v) is 9.89. The maximum Gasteiger partial charge on any atom is 0.0560 e. The normalized spacial score (nSPS) is 19.2. The van der Waals surface area contributed by atoms with Gasteiger partial charge < -0.3 is 4.90 Å². The van der Waals surface area contributed by atoms with Gasteiger partial charge in [-0.15, -0.1) is 0 Å². The summed E-state index contributed by atoms with van der Waals surface area (Å²) in [5.74, 6) is 0.573. The SMILES string of the molecule is C/C=C\c1ccc(-c2ccc(N(c3ccc(C4=CC(c5ccc6ccccc6c5)CC=C4)cc3)C3C=CC(C4CC(C5=C=C=CC=C5)=CCC=C4c4ccccc4)=CC3)cc2)cc1C. The average Bonchev–Trinajstić information content (AvgIpc) is 3.59. The Bertz CT molecular complexity index is 3070. The van der Waals surface area contributed by atoms with Crippen LogP contribution in [0.5, 0.6) is 0 Å². The van der Waals surface area contributed by atoms with E-state index in [9.17, 15) is 0 Å². The van der Waals surface area contributed by atoms with Gasteiger partial charge in [0.25, 0.3) is 0 Å². The predicted molar refractivity (Wildman–Crippen MR) is 273 cm³/mol. The number of benzene rings is 6. The molecular formula is C63H53N. The molecule has 0 spiro atoms. The standard InChI is InChI=1S/C63H53N/c1-3-14-46-25-27-57(41-45(46)2)50-31-37-60(38-32-50)64(59-35-29-49(30-36-59)54-21-12-22-55(42-54)58-28-26-48-17-10-11-20-53(48)43-58)61-39-33-52(34-40-61)63-44-56(47-15-6-4-7-16-47)23-13-24-62(63)51-18-8-5-9-19-51/h3-6,8-12,14-15,17-21,23-39,41-43,55,61,63H,13,22,40,44H2,1-2H3/b14-3-. The van der Waals surface area contributed by atoms with Crippen LogP contribution >= 0.6 is 0 Å². The number of aryl methyl sites for hydroxylation is 1. The largest absolute Gasteiger partial charge is 0.334 e. The van der Waals surface area contributed by atoms with E-state index in [-0.39, 0.29) is 12.0 Å². The highest BCUT2D eigenvalue weighted by Gasteiger charge is 2.27. The van der Waals surface area contributed by atoms with Crippen molar-refractivity contribution >= 4 is 39.4 Å². The van der Waals surface area contributed by atoms with E-state index in [1.54, 1.807) is 0 Å². The molecule has 4 aliphatic carbocycles. The van der Waals surface area contributed by atoms with Gasteiger partial charge in [-0.3, -0.25) is 0 Å². The Balaban J connectivity index is 0.968. The summed E-state index contributed by atoms with van der Waals surface area (Å²) in [7, 11) is 0. The van der Waals surface area contributed by atoms with Crippen molar-refractivity contribution in [3.63, 3.8) is 0 Å². The number of fused-ring (bicyclic) bond motifs is 1. The number of hydrogen-bond acceptors (Lipinski definition) is 1. The van der Waals surface area contributed by atoms with Crippen LogP contribution in [0.1, 0.15) is 66.3 Å². The molecule has 3 atom stereocenters. The van der Waals surface area contributed by atoms with E-state index in [0.717, 1.165) is 31.3 Å². The van der Waals surface area contributed by atoms with Crippen molar-refractivity contribution in [1.29, 1.82) is 0 Å². The summed E-state index contributed by atoms with van der Waals surface area (Å²) in [6, 6.07) is 51.9. The quantitative estimate of drug-likeness (QED) is 0.124. The molecule has 10 rings (SSSR count). The van der Waals surface area contributed by atoms with Crippen LogP contribution in [-0.4, -0.2) is 6.04 Å². The number of allylic oxidation sites excluding steroid dienone is 15. The van der Waals surface area contributed by atoms with E-state index < -0.39 is 0 Å². The third kappa shape index (κ3) is 8.66. The van der Waals surface area contributed by atoms with Gasteiger partial charge in [0.15, 0.2) is 0 Å². The summed E-state index contributed by atoms with van der Waals surface area (Å²) in [6.07, 6.45) is 33.5. The Kier molecular flexibility index (Phi) is 11.8. The second kappa shape index (κ2) is 18.5. The Morgan fingerprint density at radius 2 is 1.42 bits per heavy atom. The van der Waals surface area contributed by atoms with E-state index in [2.05, 4.69) is 243 Å². The number of nitrogens with zero attached hydrogens (tertiary/aromatic N) is 1. The van der Waals surface area contributed by atoms with Gasteiger partial charge >= 0.3 is 0 Å². The molecular weight excluding hydrogens is 771 g/mol. The lowest BCUT2D eigenvalue weighted by atomic mass is 9.79. The van der Waals surface area contributed by atoms with Crippen molar-refractivity contribution in [2.75, 3.05) is 4.90 Å². The fourth-order valence-electron chi connectivity index (χ4n) is 9.89. The van der Waals surface area contributed by atoms with Gasteiger partial charge in [-0.25, -0.2) is 0 Å². The van der Waals surface area contributed by atoms with Crippen LogP contribution < -0.4 is 4.90 Å². The van der Waals surface area contributed by atoms with Crippen molar-refractivity contribution in [2.24, 2.45) is 5.92 Å². The predicted octanol–water partition coefficient (Wildman–Crippen LogP) is 16.6. The minimum absolute atomic E-state index is 0.135. The van der Waals surface area contributed by atoms with Crippen molar-refractivity contribution in [3.8, 4) is 11.1 Å². The molecule has 0 aromatic heterocycles. The van der Waals surface area contributed by atoms with Crippen LogP contribution in [0.3, 0.4) is 0 Å². The zero-order valence-corrected chi connectivity index (χ0v) is 36.8. The molecule has 0 N–H and O–H groups in total. The third-order valence-electron chi connectivity index (χ3n) is 13.3. The van der Waals surface area contributed by atoms with Gasteiger partial charge in [0.2, 0.25) is 0 Å². The highest BCUT2D eigenvalue weighted by molar-refractivity contribution is 5.84. The van der Waals surface area contributed by atoms with Gasteiger partial charge in [-0.05, 0) is 148 Å². The summed E-state index contributed by atoms with van der Waals surface area (Å²) in [5, 5.41) is 2.59. The molecule has 0 radical (unpaired) electrons. The first kappa shape index (κ1) is 40.7. The van der Waals surface area contributed by atoms with Crippen LogP contribution in [0.4, 0.5) is 11.4 Å². The summed E-state index contributed by atoms with van der Waals surface area (Å²) >= 11 is 0. The van der Waals surface area contributed by atoms with Gasteiger partial charge in [-0.1, -0.05) is 194 Å². The van der Waals surface area contributed by atoms with Crippen molar-refractivity contribution in [3.05, 3.63) is 268 Å². The number of hydrogen-bond donors (Lipinski definition) is 0. The van der Waals surface area contributed by atoms with Crippen LogP contribution in [0.2, 0.25) is 0 Å². The Morgan fingerprint density at radius 1 is 0.656 bits per heavy atom. The molecule has 1 nitrogen and oxygen atoms in total. The second-order valence-electron chi connectivity index (χ2n) is 17.3. The lowest BCUT2D eigenvalue weighted by Gasteiger charge is -2.34. The highest BCUT2D eigenvalue weighted by Crippen LogP contribution is 2.42. The molecule has 0 fully saturated rings. The Morgan fingerprint density at radius 3 is 2.16 bits per heavy atom. The molecule has 0 saturated heterocycles. The minimum atomic E-state index is 0.135. The molecule has 6 aromatic carbocycles. The Labute approximate surface area is 379 Å². The van der Waals surface area contributed by atoms with Gasteiger partial charge in [0.05, 0.1) is 6.04 Å². The van der Waals surface area contributed by atoms with Crippen molar-refractivity contribution in [1.82, 2.24) is 0 Å². The number of rotatable bonds is 10. The smallest absolute Gasteiger partial charge is 0.0560 e. The topological polar surface area (TPSA) is 3.24 Å². The van der Waals surface area contributed by atoms with E-state index in [4.69, 9.17) is 0 Å². The van der Waals surface area contributed by atoms with Gasteiger partial charge in [0.1, 0.15) is 0 Å². The molecule has 3 unspecified atom stereocenters. The molecule has 0 saturated carbocycles. The molecule has 64 heavy (non-hydrogen) atoms. The summed E-state index contributed by atoms with van der Waals surface area (Å²) < 4.78 is 0. The third-order valence-corrected chi connectivity index (χ3v) is 13.3. The van der Waals surface area contributed by atoms with Crippen LogP contribution in [0.15, 0.2) is 241 Å². The first-order valence-corrected chi connectivity index (χ1v) is 22.9. The summed E-state index contributed by atoms with van der Waals surface area (Å²) in [5.41, 5.74) is 24.4. The maximum atomic E-state index is 3.40. The number of anilines is 2. The fraction of sp³-hybridized carbons (Fsp3) is 0.143. The van der Waals surface area contributed by atoms with E-state index in [1.807, 2.05) is 6.08 Å². The second-order valence-corrected chi connectivity index (χ2v) is 17.3. The summed E-state index contributed by atoms with van der Waals surface area (Å²) in [6.45, 7) is 4.27. The molecule has 0 aliphatic heterocycles.